The van der Waals surface area contributed by atoms with E-state index in [1.165, 1.54) is 19.3 Å². The smallest absolute Gasteiger partial charge is 0.251 e. The van der Waals surface area contributed by atoms with E-state index < -0.39 is 0 Å². The Labute approximate surface area is 140 Å². The van der Waals surface area contributed by atoms with Crippen LogP contribution in [-0.2, 0) is 14.3 Å². The standard InChI is InChI=1S/C18H32N2O3/c1-14(23-13-15-7-3-4-12-22-15)18(21)20-11-6-9-17(20)16-8-5-10-19(16)2/h14-17H,3-13H2,1-2H3/t14-,15-,16-,17+/m0/s1. The molecule has 3 saturated heterocycles. The molecular formula is C18H32N2O3. The van der Waals surface area contributed by atoms with Crippen LogP contribution in [0, 0.1) is 0 Å². The molecule has 3 rings (SSSR count). The lowest BCUT2D eigenvalue weighted by Gasteiger charge is -2.34. The number of likely N-dealkylation sites (tertiary alicyclic amines) is 2. The third-order valence-corrected chi connectivity index (χ3v) is 5.76. The summed E-state index contributed by atoms with van der Waals surface area (Å²) in [6.45, 7) is 5.34. The van der Waals surface area contributed by atoms with E-state index in [2.05, 4.69) is 16.8 Å². The highest BCUT2D eigenvalue weighted by molar-refractivity contribution is 5.81. The first-order valence-corrected chi connectivity index (χ1v) is 9.40. The quantitative estimate of drug-likeness (QED) is 0.776. The molecule has 0 radical (unpaired) electrons. The van der Waals surface area contributed by atoms with E-state index >= 15 is 0 Å². The summed E-state index contributed by atoms with van der Waals surface area (Å²) in [5.74, 6) is 0.170. The zero-order valence-corrected chi connectivity index (χ0v) is 14.7. The first-order chi connectivity index (χ1) is 11.2. The van der Waals surface area contributed by atoms with Crippen molar-refractivity contribution in [1.82, 2.24) is 9.80 Å². The molecule has 0 aromatic rings. The second-order valence-corrected chi connectivity index (χ2v) is 7.40. The van der Waals surface area contributed by atoms with E-state index in [9.17, 15) is 4.79 Å². The van der Waals surface area contributed by atoms with Crippen LogP contribution in [0.5, 0.6) is 0 Å². The maximum absolute atomic E-state index is 12.8. The Bertz CT molecular complexity index is 398. The van der Waals surface area contributed by atoms with Gasteiger partial charge in [0, 0.05) is 25.2 Å². The molecule has 0 bridgehead atoms. The van der Waals surface area contributed by atoms with Gasteiger partial charge in [0.25, 0.3) is 5.91 Å². The van der Waals surface area contributed by atoms with Gasteiger partial charge in [-0.15, -0.1) is 0 Å². The molecule has 132 valence electrons. The number of likely N-dealkylation sites (N-methyl/N-ethyl adjacent to an activating group) is 1. The van der Waals surface area contributed by atoms with Crippen molar-refractivity contribution in [3.63, 3.8) is 0 Å². The van der Waals surface area contributed by atoms with Gasteiger partial charge in [-0.25, -0.2) is 0 Å². The summed E-state index contributed by atoms with van der Waals surface area (Å²) in [4.78, 5) is 17.4. The molecule has 3 aliphatic rings. The highest BCUT2D eigenvalue weighted by atomic mass is 16.5. The number of amides is 1. The van der Waals surface area contributed by atoms with Crippen LogP contribution in [0.1, 0.15) is 51.9 Å². The Morgan fingerprint density at radius 3 is 2.61 bits per heavy atom. The largest absolute Gasteiger partial charge is 0.376 e. The average Bonchev–Trinajstić information content (AvgIpc) is 3.21. The van der Waals surface area contributed by atoms with Crippen molar-refractivity contribution in [3.8, 4) is 0 Å². The highest BCUT2D eigenvalue weighted by Crippen LogP contribution is 2.29. The molecule has 5 nitrogen and oxygen atoms in total. The minimum absolute atomic E-state index is 0.170. The number of carbonyl (C=O) groups is 1. The summed E-state index contributed by atoms with van der Waals surface area (Å²) >= 11 is 0. The molecule has 4 atom stereocenters. The van der Waals surface area contributed by atoms with E-state index in [0.29, 0.717) is 18.7 Å². The van der Waals surface area contributed by atoms with Crippen molar-refractivity contribution < 1.29 is 14.3 Å². The average molecular weight is 324 g/mol. The maximum Gasteiger partial charge on any atom is 0.251 e. The molecule has 3 fully saturated rings. The predicted molar refractivity (Wildman–Crippen MR) is 89.4 cm³/mol. The summed E-state index contributed by atoms with van der Waals surface area (Å²) in [6, 6.07) is 0.919. The van der Waals surface area contributed by atoms with Gasteiger partial charge in [-0.1, -0.05) is 0 Å². The molecule has 3 heterocycles. The van der Waals surface area contributed by atoms with Gasteiger partial charge in [0.15, 0.2) is 0 Å². The summed E-state index contributed by atoms with van der Waals surface area (Å²) < 4.78 is 11.6. The minimum atomic E-state index is -0.354. The van der Waals surface area contributed by atoms with Crippen molar-refractivity contribution in [2.75, 3.05) is 33.4 Å². The lowest BCUT2D eigenvalue weighted by molar-refractivity contribution is -0.147. The highest BCUT2D eigenvalue weighted by Gasteiger charge is 2.39. The van der Waals surface area contributed by atoms with E-state index in [-0.39, 0.29) is 18.1 Å². The summed E-state index contributed by atoms with van der Waals surface area (Å²) in [7, 11) is 2.19. The molecule has 3 aliphatic heterocycles. The lowest BCUT2D eigenvalue weighted by atomic mass is 10.0. The Balaban J connectivity index is 1.51. The van der Waals surface area contributed by atoms with E-state index in [4.69, 9.17) is 9.47 Å². The van der Waals surface area contributed by atoms with Crippen LogP contribution < -0.4 is 0 Å². The first-order valence-electron chi connectivity index (χ1n) is 9.40. The van der Waals surface area contributed by atoms with Gasteiger partial charge in [-0.2, -0.15) is 0 Å². The Hall–Kier alpha value is -0.650. The number of hydrogen-bond acceptors (Lipinski definition) is 4. The van der Waals surface area contributed by atoms with Crippen molar-refractivity contribution in [2.45, 2.75) is 76.2 Å². The molecule has 0 spiro atoms. The second kappa shape index (κ2) is 7.95. The van der Waals surface area contributed by atoms with Crippen molar-refractivity contribution >= 4 is 5.91 Å². The predicted octanol–water partition coefficient (Wildman–Crippen LogP) is 2.05. The number of ether oxygens (including phenoxy) is 2. The third kappa shape index (κ3) is 4.06. The Kier molecular flexibility index (Phi) is 5.94. The van der Waals surface area contributed by atoms with Gasteiger partial charge >= 0.3 is 0 Å². The van der Waals surface area contributed by atoms with E-state index in [1.807, 2.05) is 6.92 Å². The monoisotopic (exact) mass is 324 g/mol. The topological polar surface area (TPSA) is 42.0 Å². The molecule has 0 N–H and O–H groups in total. The zero-order valence-electron chi connectivity index (χ0n) is 14.7. The van der Waals surface area contributed by atoms with E-state index in [1.54, 1.807) is 0 Å². The number of carbonyl (C=O) groups excluding carboxylic acids is 1. The number of rotatable bonds is 5. The fourth-order valence-corrected chi connectivity index (χ4v) is 4.38. The Morgan fingerprint density at radius 1 is 1.13 bits per heavy atom. The van der Waals surface area contributed by atoms with Crippen LogP contribution in [0.2, 0.25) is 0 Å². The van der Waals surface area contributed by atoms with Crippen LogP contribution >= 0.6 is 0 Å². The lowest BCUT2D eigenvalue weighted by Crippen LogP contribution is -2.50. The van der Waals surface area contributed by atoms with E-state index in [0.717, 1.165) is 45.4 Å². The zero-order chi connectivity index (χ0) is 16.2. The molecule has 0 saturated carbocycles. The molecule has 0 aliphatic carbocycles. The first kappa shape index (κ1) is 17.2. The van der Waals surface area contributed by atoms with Crippen LogP contribution in [0.15, 0.2) is 0 Å². The van der Waals surface area contributed by atoms with Crippen molar-refractivity contribution in [2.24, 2.45) is 0 Å². The number of hydrogen-bond donors (Lipinski definition) is 0. The summed E-state index contributed by atoms with van der Waals surface area (Å²) in [5.41, 5.74) is 0. The van der Waals surface area contributed by atoms with Gasteiger partial charge in [-0.3, -0.25) is 4.79 Å². The molecule has 1 amide bonds. The SMILES string of the molecule is C[C@H](OC[C@@H]1CCCCO1)C(=O)N1CCC[C@@H]1[C@@H]1CCCN1C. The summed E-state index contributed by atoms with van der Waals surface area (Å²) in [6.07, 6.45) is 7.97. The Morgan fingerprint density at radius 2 is 1.91 bits per heavy atom. The summed E-state index contributed by atoms with van der Waals surface area (Å²) in [5, 5.41) is 0. The van der Waals surface area contributed by atoms with Crippen molar-refractivity contribution in [1.29, 1.82) is 0 Å². The molecule has 23 heavy (non-hydrogen) atoms. The molecule has 0 aromatic carbocycles. The molecule has 0 aromatic heterocycles. The van der Waals surface area contributed by atoms with Gasteiger partial charge in [0.05, 0.1) is 12.7 Å². The molecule has 0 unspecified atom stereocenters. The minimum Gasteiger partial charge on any atom is -0.376 e. The fraction of sp³-hybridized carbons (Fsp3) is 0.944. The van der Waals surface area contributed by atoms with Crippen LogP contribution in [-0.4, -0.2) is 73.3 Å². The normalized spacial score (nSPS) is 34.0. The third-order valence-electron chi connectivity index (χ3n) is 5.76. The second-order valence-electron chi connectivity index (χ2n) is 7.40. The van der Waals surface area contributed by atoms with Gasteiger partial charge in [-0.05, 0) is 65.5 Å². The molecular weight excluding hydrogens is 292 g/mol. The van der Waals surface area contributed by atoms with Gasteiger partial charge in [0.1, 0.15) is 6.10 Å². The molecule has 5 heteroatoms. The van der Waals surface area contributed by atoms with Gasteiger partial charge < -0.3 is 19.3 Å². The fourth-order valence-electron chi connectivity index (χ4n) is 4.38. The van der Waals surface area contributed by atoms with Crippen LogP contribution in [0.25, 0.3) is 0 Å². The van der Waals surface area contributed by atoms with Crippen LogP contribution in [0.4, 0.5) is 0 Å². The van der Waals surface area contributed by atoms with Crippen molar-refractivity contribution in [3.05, 3.63) is 0 Å². The van der Waals surface area contributed by atoms with Crippen LogP contribution in [0.3, 0.4) is 0 Å². The van der Waals surface area contributed by atoms with Gasteiger partial charge in [0.2, 0.25) is 0 Å². The maximum atomic E-state index is 12.8. The number of nitrogens with zero attached hydrogens (tertiary/aromatic N) is 2.